The summed E-state index contributed by atoms with van der Waals surface area (Å²) < 4.78 is 64.6. The van der Waals surface area contributed by atoms with Crippen LogP contribution in [0.3, 0.4) is 0 Å². The van der Waals surface area contributed by atoms with E-state index >= 15 is 0 Å². The largest absolute Gasteiger partial charge is 0.478 e. The Bertz CT molecular complexity index is 1410. The Kier molecular flexibility index (Phi) is 7.04. The fourth-order valence-corrected chi connectivity index (χ4v) is 4.43. The Hall–Kier alpha value is -3.75. The number of alkyl halides is 3. The fourth-order valence-electron chi connectivity index (χ4n) is 2.83. The Labute approximate surface area is 197 Å². The topological polar surface area (TPSA) is 112 Å². The standard InChI is InChI=1S/C22H15ClF3N3O4S/c1-28-34(32,17-6-2-13(3-7-17)21(30)31)29-15-4-9-20(14(10-15)12-27)33-16-5-8-19(23)18(11-16)22(24,25)26/h2-11H,1H3,(H,30,31)(H,28,29,32). The summed E-state index contributed by atoms with van der Waals surface area (Å²) in [6.45, 7) is 0. The Morgan fingerprint density at radius 2 is 1.82 bits per heavy atom. The van der Waals surface area contributed by atoms with Crippen LogP contribution in [0.15, 0.2) is 69.9 Å². The summed E-state index contributed by atoms with van der Waals surface area (Å²) in [5.74, 6) is -1.36. The van der Waals surface area contributed by atoms with Gasteiger partial charge in [-0.3, -0.25) is 4.72 Å². The molecule has 3 aromatic carbocycles. The van der Waals surface area contributed by atoms with E-state index in [2.05, 4.69) is 9.08 Å². The molecule has 3 rings (SSSR count). The number of halogens is 4. The van der Waals surface area contributed by atoms with E-state index in [4.69, 9.17) is 21.4 Å². The number of hydrogen-bond acceptors (Lipinski definition) is 5. The molecule has 0 fully saturated rings. The minimum absolute atomic E-state index is 0.00533. The Morgan fingerprint density at radius 3 is 2.38 bits per heavy atom. The average Bonchev–Trinajstić information content (AvgIpc) is 2.80. The molecule has 0 spiro atoms. The molecule has 0 bridgehead atoms. The van der Waals surface area contributed by atoms with E-state index in [0.717, 1.165) is 12.1 Å². The number of nitriles is 1. The van der Waals surface area contributed by atoms with Gasteiger partial charge < -0.3 is 9.84 Å². The molecule has 0 aliphatic carbocycles. The first kappa shape index (κ1) is 24.9. The zero-order valence-electron chi connectivity index (χ0n) is 17.3. The molecule has 0 radical (unpaired) electrons. The lowest BCUT2D eigenvalue weighted by molar-refractivity contribution is -0.137. The van der Waals surface area contributed by atoms with Crippen LogP contribution in [0, 0.1) is 11.3 Å². The molecule has 176 valence electrons. The van der Waals surface area contributed by atoms with Crippen molar-refractivity contribution in [3.05, 3.63) is 82.4 Å². The van der Waals surface area contributed by atoms with Crippen LogP contribution in [0.2, 0.25) is 5.02 Å². The molecule has 7 nitrogen and oxygen atoms in total. The second-order valence-corrected chi connectivity index (χ2v) is 9.20. The number of aromatic carboxylic acids is 1. The van der Waals surface area contributed by atoms with Crippen molar-refractivity contribution < 1.29 is 32.0 Å². The number of rotatable bonds is 6. The number of nitrogens with one attached hydrogen (secondary N) is 1. The van der Waals surface area contributed by atoms with Gasteiger partial charge in [0.1, 0.15) is 17.6 Å². The molecule has 2 N–H and O–H groups in total. The van der Waals surface area contributed by atoms with Crippen molar-refractivity contribution in [3.8, 4) is 17.6 Å². The third kappa shape index (κ3) is 5.41. The van der Waals surface area contributed by atoms with Gasteiger partial charge in [-0.05, 0) is 60.7 Å². The lowest BCUT2D eigenvalue weighted by Gasteiger charge is -2.15. The van der Waals surface area contributed by atoms with Gasteiger partial charge in [-0.1, -0.05) is 11.6 Å². The van der Waals surface area contributed by atoms with E-state index in [1.165, 1.54) is 55.6 Å². The second kappa shape index (κ2) is 9.62. The first-order chi connectivity index (χ1) is 16.0. The molecule has 34 heavy (non-hydrogen) atoms. The molecular formula is C22H15ClF3N3O4S. The Morgan fingerprint density at radius 1 is 1.15 bits per heavy atom. The average molecular weight is 510 g/mol. The van der Waals surface area contributed by atoms with E-state index in [9.17, 15) is 27.4 Å². The van der Waals surface area contributed by atoms with Gasteiger partial charge >= 0.3 is 12.1 Å². The van der Waals surface area contributed by atoms with E-state index in [-0.39, 0.29) is 33.2 Å². The molecule has 1 unspecified atom stereocenters. The number of carboxylic acids is 1. The van der Waals surface area contributed by atoms with Gasteiger partial charge in [0, 0.05) is 12.7 Å². The monoisotopic (exact) mass is 509 g/mol. The molecule has 0 saturated heterocycles. The van der Waals surface area contributed by atoms with Crippen molar-refractivity contribution in [3.63, 3.8) is 0 Å². The van der Waals surface area contributed by atoms with E-state index in [0.29, 0.717) is 0 Å². The number of carbonyl (C=O) groups is 1. The third-order valence-electron chi connectivity index (χ3n) is 4.51. The summed E-state index contributed by atoms with van der Waals surface area (Å²) >= 11 is 5.61. The minimum atomic E-state index is -4.69. The van der Waals surface area contributed by atoms with Gasteiger partial charge in [0.25, 0.3) is 0 Å². The SMILES string of the molecule is CN=S(=O)(Nc1ccc(Oc2ccc(Cl)c(C(F)(F)F)c2)c(C#N)c1)c1ccc(C(=O)O)cc1. The maximum atomic E-state index is 13.3. The number of hydrogen-bond donors (Lipinski definition) is 2. The molecule has 0 aliphatic rings. The number of benzene rings is 3. The lowest BCUT2D eigenvalue weighted by atomic mass is 10.2. The van der Waals surface area contributed by atoms with Crippen LogP contribution < -0.4 is 9.46 Å². The molecule has 0 heterocycles. The number of nitrogens with zero attached hydrogens (tertiary/aromatic N) is 2. The van der Waals surface area contributed by atoms with Gasteiger partial charge in [-0.25, -0.2) is 13.4 Å². The highest BCUT2D eigenvalue weighted by molar-refractivity contribution is 7.95. The molecule has 0 aromatic heterocycles. The molecule has 1 atom stereocenters. The number of ether oxygens (including phenoxy) is 1. The van der Waals surface area contributed by atoms with Crippen LogP contribution in [0.25, 0.3) is 0 Å². The molecule has 3 aromatic rings. The van der Waals surface area contributed by atoms with Crippen molar-refractivity contribution in [1.82, 2.24) is 0 Å². The van der Waals surface area contributed by atoms with Gasteiger partial charge in [0.2, 0.25) is 0 Å². The second-order valence-electron chi connectivity index (χ2n) is 6.70. The smallest absolute Gasteiger partial charge is 0.417 e. The van der Waals surface area contributed by atoms with Crippen molar-refractivity contribution in [2.45, 2.75) is 11.1 Å². The molecule has 12 heteroatoms. The van der Waals surface area contributed by atoms with Gasteiger partial charge in [-0.15, -0.1) is 0 Å². The maximum absolute atomic E-state index is 13.3. The zero-order chi connectivity index (χ0) is 25.1. The van der Waals surface area contributed by atoms with Crippen LogP contribution in [0.4, 0.5) is 18.9 Å². The fraction of sp³-hybridized carbons (Fsp3) is 0.0909. The summed E-state index contributed by atoms with van der Waals surface area (Å²) in [4.78, 5) is 11.2. The van der Waals surface area contributed by atoms with E-state index in [1.807, 2.05) is 6.07 Å². The third-order valence-corrected chi connectivity index (χ3v) is 6.77. The van der Waals surface area contributed by atoms with Crippen molar-refractivity contribution in [1.29, 1.82) is 5.26 Å². The van der Waals surface area contributed by atoms with E-state index in [1.54, 1.807) is 0 Å². The number of anilines is 1. The predicted octanol–water partition coefficient (Wildman–Crippen LogP) is 6.20. The molecule has 0 amide bonds. The van der Waals surface area contributed by atoms with Crippen LogP contribution >= 0.6 is 11.6 Å². The summed E-state index contributed by atoms with van der Waals surface area (Å²) in [5, 5.41) is 18.0. The highest BCUT2D eigenvalue weighted by Crippen LogP contribution is 2.38. The quantitative estimate of drug-likeness (QED) is 0.410. The summed E-state index contributed by atoms with van der Waals surface area (Å²) in [7, 11) is -1.93. The molecule has 0 saturated carbocycles. The highest BCUT2D eigenvalue weighted by atomic mass is 35.5. The van der Waals surface area contributed by atoms with Crippen LogP contribution in [0.1, 0.15) is 21.5 Å². The van der Waals surface area contributed by atoms with Crippen LogP contribution in [-0.4, -0.2) is 22.3 Å². The predicted molar refractivity (Wildman–Crippen MR) is 119 cm³/mol. The van der Waals surface area contributed by atoms with Crippen molar-refractivity contribution in [2.75, 3.05) is 11.8 Å². The first-order valence-corrected chi connectivity index (χ1v) is 11.2. The summed E-state index contributed by atoms with van der Waals surface area (Å²) in [5.41, 5.74) is -0.908. The summed E-state index contributed by atoms with van der Waals surface area (Å²) in [6.07, 6.45) is -4.69. The maximum Gasteiger partial charge on any atom is 0.417 e. The molecular weight excluding hydrogens is 495 g/mol. The van der Waals surface area contributed by atoms with Gasteiger partial charge in [0.15, 0.2) is 9.92 Å². The Balaban J connectivity index is 1.90. The van der Waals surface area contributed by atoms with Gasteiger partial charge in [0.05, 0.1) is 26.6 Å². The highest BCUT2D eigenvalue weighted by Gasteiger charge is 2.33. The van der Waals surface area contributed by atoms with Gasteiger partial charge in [-0.2, -0.15) is 18.4 Å². The van der Waals surface area contributed by atoms with E-state index < -0.39 is 32.6 Å². The zero-order valence-corrected chi connectivity index (χ0v) is 18.8. The van der Waals surface area contributed by atoms with Crippen LogP contribution in [0.5, 0.6) is 11.5 Å². The normalized spacial score (nSPS) is 12.8. The van der Waals surface area contributed by atoms with Crippen molar-refractivity contribution in [2.24, 2.45) is 4.36 Å². The van der Waals surface area contributed by atoms with Crippen molar-refractivity contribution >= 4 is 33.2 Å². The molecule has 0 aliphatic heterocycles. The van der Waals surface area contributed by atoms with Crippen LogP contribution in [-0.2, 0) is 16.1 Å². The number of carboxylic acid groups (broad SMARTS) is 1. The first-order valence-electron chi connectivity index (χ1n) is 9.32. The summed E-state index contributed by atoms with van der Waals surface area (Å²) in [6, 6.07) is 14.2. The lowest BCUT2D eigenvalue weighted by Crippen LogP contribution is -2.13. The minimum Gasteiger partial charge on any atom is -0.478 e.